The Kier molecular flexibility index (Phi) is 4.18. The van der Waals surface area contributed by atoms with Gasteiger partial charge in [-0.25, -0.2) is 0 Å². The maximum Gasteiger partial charge on any atom is 0.0916 e. The van der Waals surface area contributed by atoms with Crippen LogP contribution in [-0.2, 0) is 14.2 Å². The third-order valence-corrected chi connectivity index (χ3v) is 5.45. The molecule has 0 amide bonds. The SMILES string of the molecule is CC1(C2CCC(OCC3CS3)CC2)COCCO1. The molecule has 3 aliphatic rings. The average Bonchev–Trinajstić information content (AvgIpc) is 3.22. The van der Waals surface area contributed by atoms with Crippen LogP contribution < -0.4 is 0 Å². The van der Waals surface area contributed by atoms with Crippen LogP contribution in [0.2, 0.25) is 0 Å². The van der Waals surface area contributed by atoms with Crippen molar-refractivity contribution < 1.29 is 14.2 Å². The summed E-state index contributed by atoms with van der Waals surface area (Å²) >= 11 is 2.02. The fourth-order valence-corrected chi connectivity index (χ4v) is 3.54. The maximum atomic E-state index is 5.98. The van der Waals surface area contributed by atoms with E-state index in [1.54, 1.807) is 0 Å². The van der Waals surface area contributed by atoms with Gasteiger partial charge in [0.25, 0.3) is 0 Å². The van der Waals surface area contributed by atoms with Crippen molar-refractivity contribution in [3.8, 4) is 0 Å². The lowest BCUT2D eigenvalue weighted by molar-refractivity contribution is -0.182. The van der Waals surface area contributed by atoms with Gasteiger partial charge in [-0.3, -0.25) is 0 Å². The summed E-state index contributed by atoms with van der Waals surface area (Å²) in [5.41, 5.74) is -0.0461. The van der Waals surface area contributed by atoms with Gasteiger partial charge in [-0.15, -0.1) is 0 Å². The highest BCUT2D eigenvalue weighted by atomic mass is 32.2. The highest BCUT2D eigenvalue weighted by molar-refractivity contribution is 8.06. The zero-order chi connectivity index (χ0) is 12.4. The van der Waals surface area contributed by atoms with Gasteiger partial charge in [0.2, 0.25) is 0 Å². The summed E-state index contributed by atoms with van der Waals surface area (Å²) in [6, 6.07) is 0. The predicted octanol–water partition coefficient (Wildman–Crippen LogP) is 2.48. The molecule has 3 fully saturated rings. The van der Waals surface area contributed by atoms with Gasteiger partial charge in [-0.05, 0) is 38.5 Å². The van der Waals surface area contributed by atoms with Crippen molar-refractivity contribution in [2.45, 2.75) is 49.6 Å². The number of hydrogen-bond acceptors (Lipinski definition) is 4. The molecule has 0 aromatic heterocycles. The summed E-state index contributed by atoms with van der Waals surface area (Å²) in [6.07, 6.45) is 5.34. The van der Waals surface area contributed by atoms with E-state index in [4.69, 9.17) is 14.2 Å². The largest absolute Gasteiger partial charge is 0.377 e. The molecule has 2 atom stereocenters. The quantitative estimate of drug-likeness (QED) is 0.735. The molecule has 0 radical (unpaired) electrons. The first kappa shape index (κ1) is 13.2. The van der Waals surface area contributed by atoms with Gasteiger partial charge in [-0.2, -0.15) is 11.8 Å². The molecule has 0 aromatic rings. The van der Waals surface area contributed by atoms with E-state index in [1.165, 1.54) is 31.4 Å². The number of ether oxygens (including phenoxy) is 3. The smallest absolute Gasteiger partial charge is 0.0916 e. The molecular weight excluding hydrogens is 248 g/mol. The second-order valence-electron chi connectivity index (χ2n) is 5.98. The van der Waals surface area contributed by atoms with Crippen molar-refractivity contribution in [3.63, 3.8) is 0 Å². The van der Waals surface area contributed by atoms with Gasteiger partial charge in [0.1, 0.15) is 0 Å². The third kappa shape index (κ3) is 3.21. The second-order valence-corrected chi connectivity index (χ2v) is 7.31. The summed E-state index contributed by atoms with van der Waals surface area (Å²) in [7, 11) is 0. The van der Waals surface area contributed by atoms with E-state index in [2.05, 4.69) is 6.92 Å². The topological polar surface area (TPSA) is 27.7 Å². The Morgan fingerprint density at radius 1 is 1.22 bits per heavy atom. The Morgan fingerprint density at radius 2 is 2.00 bits per heavy atom. The Bertz CT molecular complexity index is 266. The minimum atomic E-state index is -0.0461. The van der Waals surface area contributed by atoms with Crippen LogP contribution in [0, 0.1) is 5.92 Å². The van der Waals surface area contributed by atoms with Crippen LogP contribution in [-0.4, -0.2) is 49.1 Å². The highest BCUT2D eigenvalue weighted by Crippen LogP contribution is 2.38. The van der Waals surface area contributed by atoms with Crippen molar-refractivity contribution in [2.24, 2.45) is 5.92 Å². The minimum Gasteiger partial charge on any atom is -0.377 e. The van der Waals surface area contributed by atoms with E-state index < -0.39 is 0 Å². The maximum absolute atomic E-state index is 5.98. The van der Waals surface area contributed by atoms with E-state index in [0.717, 1.165) is 31.7 Å². The standard InChI is InChI=1S/C14H24O3S/c1-14(10-15-6-7-17-14)11-2-4-12(5-3-11)16-8-13-9-18-13/h11-13H,2-10H2,1H3. The first-order valence-electron chi connectivity index (χ1n) is 7.21. The fourth-order valence-electron chi connectivity index (χ4n) is 3.13. The Balaban J connectivity index is 1.43. The molecule has 4 heteroatoms. The number of rotatable bonds is 4. The number of hydrogen-bond donors (Lipinski definition) is 0. The molecule has 0 bridgehead atoms. The molecule has 18 heavy (non-hydrogen) atoms. The van der Waals surface area contributed by atoms with Crippen molar-refractivity contribution in [3.05, 3.63) is 0 Å². The van der Waals surface area contributed by atoms with Gasteiger partial charge in [0, 0.05) is 11.0 Å². The van der Waals surface area contributed by atoms with Crippen molar-refractivity contribution in [1.82, 2.24) is 0 Å². The van der Waals surface area contributed by atoms with Crippen molar-refractivity contribution >= 4 is 11.8 Å². The van der Waals surface area contributed by atoms with Gasteiger partial charge in [0.15, 0.2) is 0 Å². The molecule has 0 spiro atoms. The third-order valence-electron chi connectivity index (χ3n) is 4.51. The lowest BCUT2D eigenvalue weighted by Gasteiger charge is -2.43. The van der Waals surface area contributed by atoms with Gasteiger partial charge >= 0.3 is 0 Å². The molecule has 3 rings (SSSR count). The van der Waals surface area contributed by atoms with Crippen LogP contribution in [0.15, 0.2) is 0 Å². The molecular formula is C14H24O3S. The van der Waals surface area contributed by atoms with Crippen LogP contribution in [0.4, 0.5) is 0 Å². The molecule has 1 saturated carbocycles. The molecule has 1 aliphatic carbocycles. The summed E-state index contributed by atoms with van der Waals surface area (Å²) < 4.78 is 17.6. The second kappa shape index (κ2) is 5.70. The van der Waals surface area contributed by atoms with Crippen LogP contribution >= 0.6 is 11.8 Å². The van der Waals surface area contributed by atoms with E-state index >= 15 is 0 Å². The average molecular weight is 272 g/mol. The number of thioether (sulfide) groups is 1. The van der Waals surface area contributed by atoms with E-state index in [9.17, 15) is 0 Å². The van der Waals surface area contributed by atoms with Crippen molar-refractivity contribution in [1.29, 1.82) is 0 Å². The molecule has 3 nitrogen and oxygen atoms in total. The molecule has 2 saturated heterocycles. The molecule has 2 unspecified atom stereocenters. The first-order chi connectivity index (χ1) is 8.76. The highest BCUT2D eigenvalue weighted by Gasteiger charge is 2.40. The van der Waals surface area contributed by atoms with Gasteiger partial charge in [0.05, 0.1) is 38.1 Å². The van der Waals surface area contributed by atoms with Crippen LogP contribution in [0.1, 0.15) is 32.6 Å². The molecule has 2 heterocycles. The van der Waals surface area contributed by atoms with E-state index in [-0.39, 0.29) is 5.60 Å². The molecule has 0 aromatic carbocycles. The van der Waals surface area contributed by atoms with Crippen LogP contribution in [0.25, 0.3) is 0 Å². The lowest BCUT2D eigenvalue weighted by atomic mass is 9.77. The molecule has 104 valence electrons. The predicted molar refractivity (Wildman–Crippen MR) is 73.1 cm³/mol. The minimum absolute atomic E-state index is 0.0461. The fraction of sp³-hybridized carbons (Fsp3) is 1.00. The lowest BCUT2D eigenvalue weighted by Crippen LogP contribution is -2.48. The Morgan fingerprint density at radius 3 is 2.61 bits per heavy atom. The monoisotopic (exact) mass is 272 g/mol. The van der Waals surface area contributed by atoms with Gasteiger partial charge < -0.3 is 14.2 Å². The van der Waals surface area contributed by atoms with Crippen LogP contribution in [0.5, 0.6) is 0 Å². The van der Waals surface area contributed by atoms with E-state index in [0.29, 0.717) is 12.0 Å². The molecule has 2 aliphatic heterocycles. The summed E-state index contributed by atoms with van der Waals surface area (Å²) in [4.78, 5) is 0. The normalized spacial score (nSPS) is 44.8. The van der Waals surface area contributed by atoms with Gasteiger partial charge in [-0.1, -0.05) is 0 Å². The summed E-state index contributed by atoms with van der Waals surface area (Å²) in [6.45, 7) is 5.47. The summed E-state index contributed by atoms with van der Waals surface area (Å²) in [5.74, 6) is 1.95. The first-order valence-corrected chi connectivity index (χ1v) is 8.26. The Labute approximate surface area is 114 Å². The van der Waals surface area contributed by atoms with Crippen molar-refractivity contribution in [2.75, 3.05) is 32.2 Å². The Hall–Kier alpha value is 0.230. The molecule has 0 N–H and O–H groups in total. The zero-order valence-electron chi connectivity index (χ0n) is 11.2. The summed E-state index contributed by atoms with van der Waals surface area (Å²) in [5, 5.41) is 0.801. The zero-order valence-corrected chi connectivity index (χ0v) is 12.0. The van der Waals surface area contributed by atoms with Crippen LogP contribution in [0.3, 0.4) is 0 Å². The van der Waals surface area contributed by atoms with E-state index in [1.807, 2.05) is 11.8 Å².